The Bertz CT molecular complexity index is 605. The highest BCUT2D eigenvalue weighted by Crippen LogP contribution is 2.33. The molecule has 5 nitrogen and oxygen atoms in total. The number of aromatic nitrogens is 3. The molecule has 3 rings (SSSR count). The Morgan fingerprint density at radius 2 is 2.32 bits per heavy atom. The van der Waals surface area contributed by atoms with Crippen LogP contribution >= 0.6 is 0 Å². The molecule has 2 heterocycles. The van der Waals surface area contributed by atoms with E-state index in [0.29, 0.717) is 18.7 Å². The summed E-state index contributed by atoms with van der Waals surface area (Å²) in [6.45, 7) is 3.44. The van der Waals surface area contributed by atoms with Crippen LogP contribution in [0.3, 0.4) is 0 Å². The second-order valence-electron chi connectivity index (χ2n) is 4.73. The molecule has 0 amide bonds. The summed E-state index contributed by atoms with van der Waals surface area (Å²) in [4.78, 5) is 12.3. The molecule has 0 bridgehead atoms. The van der Waals surface area contributed by atoms with Crippen LogP contribution in [-0.4, -0.2) is 27.3 Å². The molecule has 0 saturated heterocycles. The molecule has 19 heavy (non-hydrogen) atoms. The summed E-state index contributed by atoms with van der Waals surface area (Å²) >= 11 is 0. The van der Waals surface area contributed by atoms with E-state index in [9.17, 15) is 4.79 Å². The fourth-order valence-electron chi connectivity index (χ4n) is 2.57. The Morgan fingerprint density at radius 1 is 1.47 bits per heavy atom. The van der Waals surface area contributed by atoms with Crippen LogP contribution in [-0.2, 0) is 6.54 Å². The Balaban J connectivity index is 1.78. The second kappa shape index (κ2) is 4.84. The van der Waals surface area contributed by atoms with Gasteiger partial charge in [0.15, 0.2) is 5.78 Å². The fourth-order valence-corrected chi connectivity index (χ4v) is 2.57. The average molecular weight is 256 g/mol. The predicted molar refractivity (Wildman–Crippen MR) is 72.3 cm³/mol. The molecule has 98 valence electrons. The molecule has 0 spiro atoms. The SMILES string of the molecule is CCn1nncc1C(=O)CC1CNc2ccccc21. The molecular formula is C14H16N4O. The van der Waals surface area contributed by atoms with Crippen molar-refractivity contribution in [2.45, 2.75) is 25.8 Å². The molecule has 1 N–H and O–H groups in total. The Kier molecular flexibility index (Phi) is 3.03. The van der Waals surface area contributed by atoms with Gasteiger partial charge >= 0.3 is 0 Å². The smallest absolute Gasteiger partial charge is 0.183 e. The first-order valence-electron chi connectivity index (χ1n) is 6.54. The first-order chi connectivity index (χ1) is 9.29. The van der Waals surface area contributed by atoms with Crippen molar-refractivity contribution in [1.29, 1.82) is 0 Å². The van der Waals surface area contributed by atoms with Gasteiger partial charge in [0, 0.05) is 31.1 Å². The molecule has 5 heteroatoms. The first kappa shape index (κ1) is 11.9. The van der Waals surface area contributed by atoms with Crippen LogP contribution < -0.4 is 5.32 Å². The van der Waals surface area contributed by atoms with E-state index in [4.69, 9.17) is 0 Å². The zero-order valence-electron chi connectivity index (χ0n) is 10.8. The Morgan fingerprint density at radius 3 is 3.16 bits per heavy atom. The zero-order chi connectivity index (χ0) is 13.2. The van der Waals surface area contributed by atoms with Gasteiger partial charge in [-0.1, -0.05) is 23.4 Å². The van der Waals surface area contributed by atoms with E-state index in [1.807, 2.05) is 19.1 Å². The largest absolute Gasteiger partial charge is 0.384 e. The van der Waals surface area contributed by atoms with E-state index in [1.54, 1.807) is 10.9 Å². The van der Waals surface area contributed by atoms with Gasteiger partial charge in [-0.2, -0.15) is 0 Å². The Labute approximate surface area is 111 Å². The van der Waals surface area contributed by atoms with Crippen molar-refractivity contribution in [3.63, 3.8) is 0 Å². The van der Waals surface area contributed by atoms with Crippen LogP contribution in [0.4, 0.5) is 5.69 Å². The third-order valence-electron chi connectivity index (χ3n) is 3.57. The van der Waals surface area contributed by atoms with Crippen molar-refractivity contribution in [3.05, 3.63) is 41.7 Å². The van der Waals surface area contributed by atoms with Gasteiger partial charge in [0.2, 0.25) is 0 Å². The maximum absolute atomic E-state index is 12.3. The van der Waals surface area contributed by atoms with E-state index in [0.717, 1.165) is 12.2 Å². The van der Waals surface area contributed by atoms with E-state index in [2.05, 4.69) is 27.8 Å². The normalized spacial score (nSPS) is 17.0. The highest BCUT2D eigenvalue weighted by molar-refractivity contribution is 5.95. The number of carbonyl (C=O) groups is 1. The number of Topliss-reactive ketones (excluding diaryl/α,β-unsaturated/α-hetero) is 1. The number of anilines is 1. The molecule has 1 atom stereocenters. The van der Waals surface area contributed by atoms with Gasteiger partial charge in [-0.3, -0.25) is 4.79 Å². The zero-order valence-corrected chi connectivity index (χ0v) is 10.8. The quantitative estimate of drug-likeness (QED) is 0.851. The van der Waals surface area contributed by atoms with Gasteiger partial charge in [0.25, 0.3) is 0 Å². The molecule has 1 unspecified atom stereocenters. The van der Waals surface area contributed by atoms with Crippen LogP contribution in [0.5, 0.6) is 0 Å². The van der Waals surface area contributed by atoms with Gasteiger partial charge in [0.05, 0.1) is 6.20 Å². The third-order valence-corrected chi connectivity index (χ3v) is 3.57. The fraction of sp³-hybridized carbons (Fsp3) is 0.357. The van der Waals surface area contributed by atoms with Crippen LogP contribution in [0.2, 0.25) is 0 Å². The average Bonchev–Trinajstić information content (AvgIpc) is 3.05. The van der Waals surface area contributed by atoms with Crippen LogP contribution in [0.15, 0.2) is 30.5 Å². The minimum absolute atomic E-state index is 0.107. The lowest BCUT2D eigenvalue weighted by molar-refractivity contribution is 0.0965. The standard InChI is InChI=1S/C14H16N4O/c1-2-18-13(9-16-17-18)14(19)7-10-8-15-12-6-4-3-5-11(10)12/h3-6,9-10,15H,2,7-8H2,1H3. The van der Waals surface area contributed by atoms with E-state index < -0.39 is 0 Å². The van der Waals surface area contributed by atoms with Gasteiger partial charge < -0.3 is 5.32 Å². The highest BCUT2D eigenvalue weighted by atomic mass is 16.1. The van der Waals surface area contributed by atoms with Gasteiger partial charge in [-0.25, -0.2) is 4.68 Å². The van der Waals surface area contributed by atoms with Crippen molar-refractivity contribution in [2.75, 3.05) is 11.9 Å². The Hall–Kier alpha value is -2.17. The summed E-state index contributed by atoms with van der Waals surface area (Å²) in [7, 11) is 0. The first-order valence-corrected chi connectivity index (χ1v) is 6.54. The third kappa shape index (κ3) is 2.12. The summed E-state index contributed by atoms with van der Waals surface area (Å²) in [5.41, 5.74) is 2.97. The minimum atomic E-state index is 0.107. The maximum atomic E-state index is 12.3. The lowest BCUT2D eigenvalue weighted by atomic mass is 9.95. The summed E-state index contributed by atoms with van der Waals surface area (Å²) < 4.78 is 1.65. The number of aryl methyl sites for hydroxylation is 1. The van der Waals surface area contributed by atoms with Gasteiger partial charge in [-0.15, -0.1) is 5.10 Å². The van der Waals surface area contributed by atoms with Crippen LogP contribution in [0.1, 0.15) is 35.3 Å². The molecular weight excluding hydrogens is 240 g/mol. The molecule has 1 aliphatic rings. The van der Waals surface area contributed by atoms with Gasteiger partial charge in [0.1, 0.15) is 5.69 Å². The summed E-state index contributed by atoms with van der Waals surface area (Å²) in [5, 5.41) is 11.1. The molecule has 0 radical (unpaired) electrons. The number of nitrogens with zero attached hydrogens (tertiary/aromatic N) is 3. The number of ketones is 1. The number of hydrogen-bond acceptors (Lipinski definition) is 4. The van der Waals surface area contributed by atoms with E-state index >= 15 is 0 Å². The van der Waals surface area contributed by atoms with Crippen molar-refractivity contribution < 1.29 is 4.79 Å². The van der Waals surface area contributed by atoms with Crippen LogP contribution in [0, 0.1) is 0 Å². The molecule has 1 aliphatic heterocycles. The number of rotatable bonds is 4. The lowest BCUT2D eigenvalue weighted by Crippen LogP contribution is -2.14. The van der Waals surface area contributed by atoms with E-state index in [-0.39, 0.29) is 11.7 Å². The number of para-hydroxylation sites is 1. The lowest BCUT2D eigenvalue weighted by Gasteiger charge is -2.09. The summed E-state index contributed by atoms with van der Waals surface area (Å²) in [6.07, 6.45) is 2.05. The number of hydrogen-bond donors (Lipinski definition) is 1. The molecule has 1 aromatic heterocycles. The van der Waals surface area contributed by atoms with Crippen molar-refractivity contribution >= 4 is 11.5 Å². The summed E-state index contributed by atoms with van der Waals surface area (Å²) in [6, 6.07) is 8.16. The number of fused-ring (bicyclic) bond motifs is 1. The highest BCUT2D eigenvalue weighted by Gasteiger charge is 2.25. The monoisotopic (exact) mass is 256 g/mol. The maximum Gasteiger partial charge on any atom is 0.183 e. The molecule has 0 aliphatic carbocycles. The predicted octanol–water partition coefficient (Wildman–Crippen LogP) is 2.08. The van der Waals surface area contributed by atoms with Crippen molar-refractivity contribution in [3.8, 4) is 0 Å². The molecule has 1 aromatic carbocycles. The number of nitrogens with one attached hydrogen (secondary N) is 1. The molecule has 2 aromatic rings. The molecule has 0 saturated carbocycles. The summed E-state index contributed by atoms with van der Waals surface area (Å²) in [5.74, 6) is 0.347. The minimum Gasteiger partial charge on any atom is -0.384 e. The van der Waals surface area contributed by atoms with Gasteiger partial charge in [-0.05, 0) is 18.6 Å². The second-order valence-corrected chi connectivity index (χ2v) is 4.73. The van der Waals surface area contributed by atoms with E-state index in [1.165, 1.54) is 5.56 Å². The number of benzene rings is 1. The topological polar surface area (TPSA) is 59.8 Å². The molecule has 0 fully saturated rings. The number of carbonyl (C=O) groups excluding carboxylic acids is 1. The van der Waals surface area contributed by atoms with Crippen LogP contribution in [0.25, 0.3) is 0 Å². The van der Waals surface area contributed by atoms with Crippen molar-refractivity contribution in [1.82, 2.24) is 15.0 Å². The van der Waals surface area contributed by atoms with Crippen molar-refractivity contribution in [2.24, 2.45) is 0 Å².